The Bertz CT molecular complexity index is 428. The van der Waals surface area contributed by atoms with Crippen molar-refractivity contribution in [2.24, 2.45) is 11.3 Å². The molecule has 1 nitrogen and oxygen atoms in total. The van der Waals surface area contributed by atoms with Crippen molar-refractivity contribution < 1.29 is 0 Å². The van der Waals surface area contributed by atoms with Gasteiger partial charge in [-0.1, -0.05) is 32.1 Å². The molecule has 3 rings (SSSR count). The Hall–Kier alpha value is -0.470. The van der Waals surface area contributed by atoms with Crippen LogP contribution < -0.4 is 5.32 Å². The third-order valence-corrected chi connectivity index (χ3v) is 4.58. The van der Waals surface area contributed by atoms with Crippen LogP contribution in [0.4, 0.5) is 0 Å². The molecule has 0 aromatic heterocycles. The van der Waals surface area contributed by atoms with Gasteiger partial charge in [0, 0.05) is 16.4 Å². The molecule has 0 aromatic carbocycles. The van der Waals surface area contributed by atoms with E-state index < -0.39 is 0 Å². The minimum Gasteiger partial charge on any atom is -0.314 e. The number of thiol groups is 1. The predicted octanol–water partition coefficient (Wildman–Crippen LogP) is 3.46. The van der Waals surface area contributed by atoms with Gasteiger partial charge in [-0.15, -0.1) is 12.6 Å². The molecule has 92 valence electrons. The molecule has 2 unspecified atom stereocenters. The van der Waals surface area contributed by atoms with Crippen molar-refractivity contribution in [2.45, 2.75) is 39.2 Å². The highest BCUT2D eigenvalue weighted by atomic mass is 32.1. The van der Waals surface area contributed by atoms with Crippen LogP contribution in [-0.2, 0) is 0 Å². The lowest BCUT2D eigenvalue weighted by Crippen LogP contribution is -2.41. The van der Waals surface area contributed by atoms with Gasteiger partial charge in [-0.2, -0.15) is 0 Å². The number of rotatable bonds is 0. The van der Waals surface area contributed by atoms with E-state index >= 15 is 0 Å². The standard InChI is InChI=1S/C15H21NS/c1-15(2)5-3-10-7-12-8-11(4-6-16-12)14(10)13(17)9-15/h3,5,9,11-12,16-17H,4,6-8H2,1-2H3. The van der Waals surface area contributed by atoms with Gasteiger partial charge < -0.3 is 5.32 Å². The van der Waals surface area contributed by atoms with Crippen LogP contribution in [0.3, 0.4) is 0 Å². The van der Waals surface area contributed by atoms with E-state index in [1.807, 2.05) is 0 Å². The Kier molecular flexibility index (Phi) is 2.75. The predicted molar refractivity (Wildman–Crippen MR) is 76.1 cm³/mol. The second-order valence-electron chi connectivity index (χ2n) is 6.20. The number of piperidine rings is 1. The SMILES string of the molecule is CC1(C)C=CC2=C(C(S)=C1)C1CCNC(C2)C1. The van der Waals surface area contributed by atoms with Crippen molar-refractivity contribution in [1.29, 1.82) is 0 Å². The van der Waals surface area contributed by atoms with E-state index in [1.165, 1.54) is 41.9 Å². The monoisotopic (exact) mass is 247 g/mol. The lowest BCUT2D eigenvalue weighted by molar-refractivity contribution is 0.315. The molecule has 2 atom stereocenters. The minimum absolute atomic E-state index is 0.135. The first-order chi connectivity index (χ1) is 8.05. The van der Waals surface area contributed by atoms with Crippen LogP contribution in [0.25, 0.3) is 0 Å². The number of allylic oxidation sites excluding steroid dienone is 4. The Labute approximate surface area is 109 Å². The van der Waals surface area contributed by atoms with E-state index in [1.54, 1.807) is 0 Å². The zero-order chi connectivity index (χ0) is 12.0. The molecule has 0 radical (unpaired) electrons. The summed E-state index contributed by atoms with van der Waals surface area (Å²) in [5.41, 5.74) is 3.19. The van der Waals surface area contributed by atoms with Crippen molar-refractivity contribution in [3.8, 4) is 0 Å². The van der Waals surface area contributed by atoms with Gasteiger partial charge in [0.05, 0.1) is 0 Å². The number of fused-ring (bicyclic) bond motifs is 3. The van der Waals surface area contributed by atoms with Gasteiger partial charge in [0.15, 0.2) is 0 Å². The molecule has 0 spiro atoms. The highest BCUT2D eigenvalue weighted by molar-refractivity contribution is 7.84. The van der Waals surface area contributed by atoms with Crippen LogP contribution in [0, 0.1) is 11.3 Å². The molecule has 1 N–H and O–H groups in total. The summed E-state index contributed by atoms with van der Waals surface area (Å²) in [4.78, 5) is 1.22. The van der Waals surface area contributed by atoms with Crippen LogP contribution in [0.1, 0.15) is 33.1 Å². The Balaban J connectivity index is 2.06. The Morgan fingerprint density at radius 2 is 2.24 bits per heavy atom. The second kappa shape index (κ2) is 4.03. The third-order valence-electron chi connectivity index (χ3n) is 4.21. The average Bonchev–Trinajstić information content (AvgIpc) is 2.35. The number of hydrogen-bond acceptors (Lipinski definition) is 2. The molecule has 0 amide bonds. The topological polar surface area (TPSA) is 12.0 Å². The van der Waals surface area contributed by atoms with E-state index in [-0.39, 0.29) is 5.41 Å². The summed E-state index contributed by atoms with van der Waals surface area (Å²) in [6.07, 6.45) is 10.7. The fourth-order valence-corrected chi connectivity index (χ4v) is 4.05. The van der Waals surface area contributed by atoms with Crippen LogP contribution in [-0.4, -0.2) is 12.6 Å². The number of hydrogen-bond donors (Lipinski definition) is 2. The minimum atomic E-state index is 0.135. The largest absolute Gasteiger partial charge is 0.314 e. The lowest BCUT2D eigenvalue weighted by atomic mass is 9.76. The maximum absolute atomic E-state index is 4.78. The molecule has 2 heteroatoms. The zero-order valence-electron chi connectivity index (χ0n) is 10.7. The van der Waals surface area contributed by atoms with Crippen molar-refractivity contribution >= 4 is 12.6 Å². The molecule has 2 bridgehead atoms. The fraction of sp³-hybridized carbons (Fsp3) is 0.600. The Morgan fingerprint density at radius 3 is 3.06 bits per heavy atom. The van der Waals surface area contributed by atoms with Crippen LogP contribution >= 0.6 is 12.6 Å². The van der Waals surface area contributed by atoms with Crippen molar-refractivity contribution in [3.63, 3.8) is 0 Å². The van der Waals surface area contributed by atoms with E-state index in [2.05, 4.69) is 37.4 Å². The van der Waals surface area contributed by atoms with Crippen molar-refractivity contribution in [1.82, 2.24) is 5.32 Å². The highest BCUT2D eigenvalue weighted by Gasteiger charge is 2.33. The third kappa shape index (κ3) is 2.13. The van der Waals surface area contributed by atoms with Gasteiger partial charge in [-0.05, 0) is 42.9 Å². The maximum atomic E-state index is 4.78. The highest BCUT2D eigenvalue weighted by Crippen LogP contribution is 2.43. The Morgan fingerprint density at radius 1 is 1.41 bits per heavy atom. The second-order valence-corrected chi connectivity index (χ2v) is 6.68. The normalized spacial score (nSPS) is 35.1. The van der Waals surface area contributed by atoms with E-state index in [0.717, 1.165) is 5.92 Å². The molecule has 17 heavy (non-hydrogen) atoms. The molecule has 3 aliphatic rings. The van der Waals surface area contributed by atoms with Gasteiger partial charge in [0.25, 0.3) is 0 Å². The summed E-state index contributed by atoms with van der Waals surface area (Å²) in [7, 11) is 0. The maximum Gasteiger partial charge on any atom is 0.0113 e. The van der Waals surface area contributed by atoms with Gasteiger partial charge in [0.2, 0.25) is 0 Å². The average molecular weight is 247 g/mol. The summed E-state index contributed by atoms with van der Waals surface area (Å²) >= 11 is 4.78. The molecule has 1 saturated heterocycles. The molecule has 1 aliphatic heterocycles. The van der Waals surface area contributed by atoms with Gasteiger partial charge in [-0.25, -0.2) is 0 Å². The molecule has 1 heterocycles. The van der Waals surface area contributed by atoms with Gasteiger partial charge >= 0.3 is 0 Å². The van der Waals surface area contributed by atoms with Crippen LogP contribution in [0.2, 0.25) is 0 Å². The first-order valence-corrected chi connectivity index (χ1v) is 7.08. The van der Waals surface area contributed by atoms with Crippen LogP contribution in [0.5, 0.6) is 0 Å². The molecule has 2 aliphatic carbocycles. The summed E-state index contributed by atoms with van der Waals surface area (Å²) < 4.78 is 0. The molecular weight excluding hydrogens is 226 g/mol. The molecular formula is C15H21NS. The van der Waals surface area contributed by atoms with Gasteiger partial charge in [-0.3, -0.25) is 0 Å². The van der Waals surface area contributed by atoms with Crippen molar-refractivity contribution in [2.75, 3.05) is 6.54 Å². The lowest BCUT2D eigenvalue weighted by Gasteiger charge is -2.38. The summed E-state index contributed by atoms with van der Waals surface area (Å²) in [5, 5.41) is 3.63. The van der Waals surface area contributed by atoms with E-state index in [9.17, 15) is 0 Å². The smallest absolute Gasteiger partial charge is 0.0113 e. The number of nitrogens with one attached hydrogen (secondary N) is 1. The summed E-state index contributed by atoms with van der Waals surface area (Å²) in [6, 6.07) is 0.694. The van der Waals surface area contributed by atoms with E-state index in [0.29, 0.717) is 6.04 Å². The quantitative estimate of drug-likeness (QED) is 0.625. The molecule has 1 fully saturated rings. The summed E-state index contributed by atoms with van der Waals surface area (Å²) in [5.74, 6) is 0.729. The van der Waals surface area contributed by atoms with Crippen LogP contribution in [0.15, 0.2) is 34.3 Å². The first-order valence-electron chi connectivity index (χ1n) is 6.63. The molecule has 0 saturated carbocycles. The fourth-order valence-electron chi connectivity index (χ4n) is 3.39. The zero-order valence-corrected chi connectivity index (χ0v) is 11.6. The van der Waals surface area contributed by atoms with Crippen molar-refractivity contribution in [3.05, 3.63) is 34.3 Å². The first kappa shape index (κ1) is 11.6. The van der Waals surface area contributed by atoms with Gasteiger partial charge in [0.1, 0.15) is 0 Å². The van der Waals surface area contributed by atoms with E-state index in [4.69, 9.17) is 12.6 Å². The molecule has 0 aromatic rings. The summed E-state index contributed by atoms with van der Waals surface area (Å²) in [6.45, 7) is 5.67.